The Kier molecular flexibility index (Phi) is 2.43. The van der Waals surface area contributed by atoms with Crippen LogP contribution in [-0.2, 0) is 12.8 Å². The second kappa shape index (κ2) is 3.43. The minimum Gasteiger partial charge on any atom is -0.324 e. The summed E-state index contributed by atoms with van der Waals surface area (Å²) < 4.78 is 1.25. The molecule has 1 aromatic rings. The van der Waals surface area contributed by atoms with Gasteiger partial charge < -0.3 is 5.73 Å². The average molecular weight is 240 g/mol. The van der Waals surface area contributed by atoms with Gasteiger partial charge in [-0.2, -0.15) is 0 Å². The lowest BCUT2D eigenvalue weighted by atomic mass is 10.0. The van der Waals surface area contributed by atoms with Crippen LogP contribution in [0.2, 0.25) is 0 Å². The molecule has 1 aromatic carbocycles. The number of aryl methyl sites for hydroxylation is 1. The standard InChI is InChI=1S/C11H14BrN/c1-7(13)9-5-8-3-2-4-10(8)11(12)6-9/h5-7H,2-4,13H2,1H3. The van der Waals surface area contributed by atoms with Crippen LogP contribution in [0.3, 0.4) is 0 Å². The number of hydrogen-bond donors (Lipinski definition) is 1. The van der Waals surface area contributed by atoms with Crippen molar-refractivity contribution in [3.8, 4) is 0 Å². The van der Waals surface area contributed by atoms with Crippen molar-refractivity contribution < 1.29 is 0 Å². The molecule has 0 bridgehead atoms. The summed E-state index contributed by atoms with van der Waals surface area (Å²) in [6, 6.07) is 4.56. The molecule has 0 aliphatic heterocycles. The largest absolute Gasteiger partial charge is 0.324 e. The number of nitrogens with two attached hydrogens (primary N) is 1. The van der Waals surface area contributed by atoms with E-state index in [4.69, 9.17) is 5.73 Å². The maximum Gasteiger partial charge on any atom is 0.0266 e. The van der Waals surface area contributed by atoms with Crippen LogP contribution in [0.4, 0.5) is 0 Å². The fourth-order valence-electron chi connectivity index (χ4n) is 1.94. The molecule has 2 rings (SSSR count). The molecule has 0 radical (unpaired) electrons. The van der Waals surface area contributed by atoms with Crippen molar-refractivity contribution >= 4 is 15.9 Å². The van der Waals surface area contributed by atoms with Gasteiger partial charge in [0.25, 0.3) is 0 Å². The molecule has 13 heavy (non-hydrogen) atoms. The van der Waals surface area contributed by atoms with Gasteiger partial charge in [-0.1, -0.05) is 22.0 Å². The SMILES string of the molecule is CC(N)c1cc(Br)c2c(c1)CCC2. The fraction of sp³-hybridized carbons (Fsp3) is 0.455. The molecule has 0 saturated carbocycles. The Hall–Kier alpha value is -0.340. The highest BCUT2D eigenvalue weighted by molar-refractivity contribution is 9.10. The third kappa shape index (κ3) is 1.65. The van der Waals surface area contributed by atoms with Crippen LogP contribution in [0.5, 0.6) is 0 Å². The number of rotatable bonds is 1. The Morgan fingerprint density at radius 2 is 2.15 bits per heavy atom. The summed E-state index contributed by atoms with van der Waals surface area (Å²) in [5.74, 6) is 0. The summed E-state index contributed by atoms with van der Waals surface area (Å²) in [4.78, 5) is 0. The Bertz CT molecular complexity index is 331. The Labute approximate surface area is 87.5 Å². The van der Waals surface area contributed by atoms with Gasteiger partial charge in [-0.15, -0.1) is 0 Å². The predicted molar refractivity (Wildman–Crippen MR) is 58.8 cm³/mol. The zero-order valence-electron chi connectivity index (χ0n) is 7.81. The third-order valence-electron chi connectivity index (χ3n) is 2.71. The van der Waals surface area contributed by atoms with Crippen molar-refractivity contribution in [3.05, 3.63) is 33.3 Å². The van der Waals surface area contributed by atoms with Crippen LogP contribution in [0.25, 0.3) is 0 Å². The number of benzene rings is 1. The highest BCUT2D eigenvalue weighted by atomic mass is 79.9. The summed E-state index contributed by atoms with van der Waals surface area (Å²) in [6.07, 6.45) is 3.72. The molecule has 2 N–H and O–H groups in total. The maximum absolute atomic E-state index is 5.86. The van der Waals surface area contributed by atoms with Gasteiger partial charge in [0.1, 0.15) is 0 Å². The normalized spacial score (nSPS) is 17.2. The van der Waals surface area contributed by atoms with Crippen LogP contribution in [-0.4, -0.2) is 0 Å². The van der Waals surface area contributed by atoms with E-state index >= 15 is 0 Å². The van der Waals surface area contributed by atoms with Crippen LogP contribution in [0.1, 0.15) is 36.1 Å². The van der Waals surface area contributed by atoms with Gasteiger partial charge in [0.05, 0.1) is 0 Å². The van der Waals surface area contributed by atoms with Crippen molar-refractivity contribution in [1.82, 2.24) is 0 Å². The molecule has 0 fully saturated rings. The monoisotopic (exact) mass is 239 g/mol. The van der Waals surface area contributed by atoms with E-state index in [0.29, 0.717) is 0 Å². The second-order valence-corrected chi connectivity index (χ2v) is 4.64. The zero-order chi connectivity index (χ0) is 9.42. The molecular weight excluding hydrogens is 226 g/mol. The summed E-state index contributed by atoms with van der Waals surface area (Å²) in [7, 11) is 0. The van der Waals surface area contributed by atoms with Gasteiger partial charge in [-0.3, -0.25) is 0 Å². The maximum atomic E-state index is 5.86. The average Bonchev–Trinajstić information content (AvgIpc) is 2.51. The first-order valence-corrected chi connectivity index (χ1v) is 5.54. The predicted octanol–water partition coefficient (Wildman–Crippen LogP) is 2.96. The molecular formula is C11H14BrN. The van der Waals surface area contributed by atoms with E-state index in [0.717, 1.165) is 0 Å². The lowest BCUT2D eigenvalue weighted by molar-refractivity contribution is 0.814. The van der Waals surface area contributed by atoms with Crippen molar-refractivity contribution in [1.29, 1.82) is 0 Å². The van der Waals surface area contributed by atoms with E-state index in [1.54, 1.807) is 0 Å². The van der Waals surface area contributed by atoms with Crippen molar-refractivity contribution in [2.75, 3.05) is 0 Å². The molecule has 1 nitrogen and oxygen atoms in total. The van der Waals surface area contributed by atoms with E-state index in [1.165, 1.54) is 40.4 Å². The molecule has 1 aliphatic carbocycles. The van der Waals surface area contributed by atoms with E-state index in [-0.39, 0.29) is 6.04 Å². The van der Waals surface area contributed by atoms with Gasteiger partial charge in [-0.05, 0) is 48.9 Å². The minimum absolute atomic E-state index is 0.141. The highest BCUT2D eigenvalue weighted by Crippen LogP contribution is 2.31. The Balaban J connectivity index is 2.49. The topological polar surface area (TPSA) is 26.0 Å². The van der Waals surface area contributed by atoms with Gasteiger partial charge in [-0.25, -0.2) is 0 Å². The van der Waals surface area contributed by atoms with Gasteiger partial charge >= 0.3 is 0 Å². The van der Waals surface area contributed by atoms with E-state index < -0.39 is 0 Å². The molecule has 0 heterocycles. The van der Waals surface area contributed by atoms with E-state index in [1.807, 2.05) is 6.92 Å². The Morgan fingerprint density at radius 1 is 1.38 bits per heavy atom. The highest BCUT2D eigenvalue weighted by Gasteiger charge is 2.15. The van der Waals surface area contributed by atoms with Crippen LogP contribution in [0.15, 0.2) is 16.6 Å². The zero-order valence-corrected chi connectivity index (χ0v) is 9.39. The smallest absolute Gasteiger partial charge is 0.0266 e. The van der Waals surface area contributed by atoms with Gasteiger partial charge in [0.2, 0.25) is 0 Å². The molecule has 0 spiro atoms. The first kappa shape index (κ1) is 9.22. The molecule has 1 atom stereocenters. The van der Waals surface area contributed by atoms with Gasteiger partial charge in [0.15, 0.2) is 0 Å². The van der Waals surface area contributed by atoms with E-state index in [9.17, 15) is 0 Å². The van der Waals surface area contributed by atoms with Crippen molar-refractivity contribution in [2.24, 2.45) is 5.73 Å². The number of hydrogen-bond acceptors (Lipinski definition) is 1. The van der Waals surface area contributed by atoms with Crippen LogP contribution in [0, 0.1) is 0 Å². The molecule has 70 valence electrons. The molecule has 0 saturated heterocycles. The molecule has 1 unspecified atom stereocenters. The van der Waals surface area contributed by atoms with E-state index in [2.05, 4.69) is 28.1 Å². The second-order valence-electron chi connectivity index (χ2n) is 3.78. The number of fused-ring (bicyclic) bond motifs is 1. The fourth-order valence-corrected chi connectivity index (χ4v) is 2.66. The Morgan fingerprint density at radius 3 is 2.85 bits per heavy atom. The minimum atomic E-state index is 0.141. The molecule has 0 amide bonds. The quantitative estimate of drug-likeness (QED) is 0.802. The summed E-state index contributed by atoms with van der Waals surface area (Å²) >= 11 is 3.61. The lowest BCUT2D eigenvalue weighted by Crippen LogP contribution is -2.05. The third-order valence-corrected chi connectivity index (χ3v) is 3.42. The molecule has 2 heteroatoms. The lowest BCUT2D eigenvalue weighted by Gasteiger charge is -2.10. The van der Waals surface area contributed by atoms with Crippen LogP contribution >= 0.6 is 15.9 Å². The first-order valence-electron chi connectivity index (χ1n) is 4.75. The van der Waals surface area contributed by atoms with Crippen LogP contribution < -0.4 is 5.73 Å². The van der Waals surface area contributed by atoms with Gasteiger partial charge in [0, 0.05) is 10.5 Å². The summed E-state index contributed by atoms with van der Waals surface area (Å²) in [5.41, 5.74) is 10.1. The molecule has 0 aromatic heterocycles. The molecule has 1 aliphatic rings. The van der Waals surface area contributed by atoms with Crippen molar-refractivity contribution in [2.45, 2.75) is 32.2 Å². The summed E-state index contributed by atoms with van der Waals surface area (Å²) in [5, 5.41) is 0. The number of halogens is 1. The van der Waals surface area contributed by atoms with Crippen molar-refractivity contribution in [3.63, 3.8) is 0 Å². The first-order chi connectivity index (χ1) is 6.18. The summed E-state index contributed by atoms with van der Waals surface area (Å²) in [6.45, 7) is 2.03.